The van der Waals surface area contributed by atoms with E-state index >= 15 is 0 Å². The number of nitrogens with two attached hydrogens (primary N) is 1. The summed E-state index contributed by atoms with van der Waals surface area (Å²) in [5, 5.41) is 2.14. The Balaban J connectivity index is 2.24. The molecule has 0 spiro atoms. The summed E-state index contributed by atoms with van der Waals surface area (Å²) in [7, 11) is 0. The zero-order valence-electron chi connectivity index (χ0n) is 8.70. The smallest absolute Gasteiger partial charge is 0.0648 e. The van der Waals surface area contributed by atoms with Gasteiger partial charge in [-0.05, 0) is 44.3 Å². The van der Waals surface area contributed by atoms with Gasteiger partial charge in [0.05, 0.1) is 5.54 Å². The van der Waals surface area contributed by atoms with E-state index < -0.39 is 0 Å². The Morgan fingerprint density at radius 2 is 2.21 bits per heavy atom. The molecular formula is C11H18N2S. The highest BCUT2D eigenvalue weighted by atomic mass is 32.1. The monoisotopic (exact) mass is 210 g/mol. The van der Waals surface area contributed by atoms with Gasteiger partial charge in [0.1, 0.15) is 0 Å². The molecule has 1 fully saturated rings. The highest BCUT2D eigenvalue weighted by Crippen LogP contribution is 2.33. The van der Waals surface area contributed by atoms with Crippen LogP contribution in [0.5, 0.6) is 0 Å². The van der Waals surface area contributed by atoms with Crippen molar-refractivity contribution < 1.29 is 0 Å². The predicted octanol–water partition coefficient (Wildman–Crippen LogP) is 2.02. The van der Waals surface area contributed by atoms with Crippen LogP contribution in [0.4, 0.5) is 0 Å². The van der Waals surface area contributed by atoms with Gasteiger partial charge >= 0.3 is 0 Å². The van der Waals surface area contributed by atoms with E-state index in [1.54, 1.807) is 0 Å². The fourth-order valence-electron chi connectivity index (χ4n) is 2.18. The minimum absolute atomic E-state index is 0.0741. The normalized spacial score (nSPS) is 22.4. The van der Waals surface area contributed by atoms with Crippen LogP contribution in [0.1, 0.15) is 24.6 Å². The van der Waals surface area contributed by atoms with E-state index in [0.29, 0.717) is 6.54 Å². The highest BCUT2D eigenvalue weighted by Gasteiger charge is 2.34. The van der Waals surface area contributed by atoms with Crippen molar-refractivity contribution in [2.45, 2.75) is 25.3 Å². The first-order chi connectivity index (χ1) is 6.77. The minimum atomic E-state index is 0.0741. The Morgan fingerprint density at radius 3 is 2.71 bits per heavy atom. The summed E-state index contributed by atoms with van der Waals surface area (Å²) in [5.41, 5.74) is 6.02. The summed E-state index contributed by atoms with van der Waals surface area (Å²) in [6.45, 7) is 5.38. The van der Waals surface area contributed by atoms with Crippen LogP contribution in [0.15, 0.2) is 17.5 Å². The Kier molecular flexibility index (Phi) is 2.91. The molecule has 0 amide bonds. The largest absolute Gasteiger partial charge is 0.328 e. The second kappa shape index (κ2) is 4.01. The van der Waals surface area contributed by atoms with Crippen molar-refractivity contribution in [3.05, 3.63) is 22.4 Å². The van der Waals surface area contributed by atoms with Gasteiger partial charge in [0.15, 0.2) is 0 Å². The molecule has 2 nitrogen and oxygen atoms in total. The summed E-state index contributed by atoms with van der Waals surface area (Å²) < 4.78 is 0. The third-order valence-electron chi connectivity index (χ3n) is 3.25. The molecule has 2 heterocycles. The summed E-state index contributed by atoms with van der Waals surface area (Å²) in [6.07, 6.45) is 2.64. The molecule has 0 aliphatic carbocycles. The van der Waals surface area contributed by atoms with E-state index in [2.05, 4.69) is 29.3 Å². The van der Waals surface area contributed by atoms with E-state index in [-0.39, 0.29) is 5.54 Å². The molecule has 78 valence electrons. The number of hydrogen-bond donors (Lipinski definition) is 1. The summed E-state index contributed by atoms with van der Waals surface area (Å²) in [4.78, 5) is 3.93. The van der Waals surface area contributed by atoms with Crippen LogP contribution in [0, 0.1) is 0 Å². The lowest BCUT2D eigenvalue weighted by molar-refractivity contribution is 0.147. The molecule has 1 aromatic rings. The van der Waals surface area contributed by atoms with Gasteiger partial charge in [0.25, 0.3) is 0 Å². The molecule has 1 aliphatic heterocycles. The average Bonchev–Trinajstić information content (AvgIpc) is 2.88. The number of thiophene rings is 1. The van der Waals surface area contributed by atoms with Gasteiger partial charge in [-0.25, -0.2) is 0 Å². The lowest BCUT2D eigenvalue weighted by Gasteiger charge is -2.37. The lowest BCUT2D eigenvalue weighted by Crippen LogP contribution is -2.47. The van der Waals surface area contributed by atoms with E-state index in [9.17, 15) is 0 Å². The van der Waals surface area contributed by atoms with E-state index in [0.717, 1.165) is 0 Å². The van der Waals surface area contributed by atoms with Crippen LogP contribution in [0.2, 0.25) is 0 Å². The van der Waals surface area contributed by atoms with E-state index in [4.69, 9.17) is 5.73 Å². The SMILES string of the molecule is C[C@@](CN)(c1cccs1)N1CCCC1. The number of hydrogen-bond acceptors (Lipinski definition) is 3. The molecule has 0 bridgehead atoms. The molecular weight excluding hydrogens is 192 g/mol. The van der Waals surface area contributed by atoms with Crippen molar-refractivity contribution in [3.8, 4) is 0 Å². The van der Waals surface area contributed by atoms with Crippen molar-refractivity contribution in [2.24, 2.45) is 5.73 Å². The van der Waals surface area contributed by atoms with E-state index in [1.807, 2.05) is 11.3 Å². The quantitative estimate of drug-likeness (QED) is 0.827. The molecule has 1 aromatic heterocycles. The van der Waals surface area contributed by atoms with Crippen LogP contribution in [-0.2, 0) is 5.54 Å². The van der Waals surface area contributed by atoms with Gasteiger partial charge in [0.2, 0.25) is 0 Å². The summed E-state index contributed by atoms with van der Waals surface area (Å²) in [5.74, 6) is 0. The van der Waals surface area contributed by atoms with Gasteiger partial charge in [-0.15, -0.1) is 11.3 Å². The summed E-state index contributed by atoms with van der Waals surface area (Å²) in [6, 6.07) is 4.32. The molecule has 1 atom stereocenters. The van der Waals surface area contributed by atoms with Gasteiger partial charge < -0.3 is 5.73 Å². The first kappa shape index (κ1) is 10.1. The fraction of sp³-hybridized carbons (Fsp3) is 0.636. The Morgan fingerprint density at radius 1 is 1.50 bits per heavy atom. The van der Waals surface area contributed by atoms with Gasteiger partial charge in [-0.2, -0.15) is 0 Å². The molecule has 3 heteroatoms. The predicted molar refractivity (Wildman–Crippen MR) is 61.5 cm³/mol. The van der Waals surface area contributed by atoms with Crippen molar-refractivity contribution in [1.29, 1.82) is 0 Å². The van der Waals surface area contributed by atoms with Gasteiger partial charge in [-0.1, -0.05) is 6.07 Å². The minimum Gasteiger partial charge on any atom is -0.328 e. The van der Waals surface area contributed by atoms with Crippen molar-refractivity contribution >= 4 is 11.3 Å². The lowest BCUT2D eigenvalue weighted by atomic mass is 9.98. The van der Waals surface area contributed by atoms with Crippen LogP contribution in [0.3, 0.4) is 0 Å². The zero-order valence-corrected chi connectivity index (χ0v) is 9.52. The Hall–Kier alpha value is -0.380. The second-order valence-corrected chi connectivity index (χ2v) is 5.10. The maximum Gasteiger partial charge on any atom is 0.0648 e. The molecule has 2 rings (SSSR count). The van der Waals surface area contributed by atoms with Crippen LogP contribution in [-0.4, -0.2) is 24.5 Å². The Bertz CT molecular complexity index is 277. The number of likely N-dealkylation sites (tertiary alicyclic amines) is 1. The molecule has 0 radical (unpaired) electrons. The number of rotatable bonds is 3. The van der Waals surface area contributed by atoms with Crippen molar-refractivity contribution in [1.82, 2.24) is 4.90 Å². The molecule has 2 N–H and O–H groups in total. The standard InChI is InChI=1S/C11H18N2S/c1-11(9-12,10-5-4-8-14-10)13-6-2-3-7-13/h4-5,8H,2-3,6-7,9,12H2,1H3/t11-/m1/s1. The molecule has 1 aliphatic rings. The van der Waals surface area contributed by atoms with Crippen LogP contribution >= 0.6 is 11.3 Å². The maximum atomic E-state index is 5.94. The molecule has 1 saturated heterocycles. The molecule has 0 aromatic carbocycles. The first-order valence-electron chi connectivity index (χ1n) is 5.26. The van der Waals surface area contributed by atoms with Crippen LogP contribution < -0.4 is 5.73 Å². The molecule has 0 unspecified atom stereocenters. The topological polar surface area (TPSA) is 29.3 Å². The van der Waals surface area contributed by atoms with E-state index in [1.165, 1.54) is 30.8 Å². The third-order valence-corrected chi connectivity index (χ3v) is 4.38. The average molecular weight is 210 g/mol. The number of nitrogens with zero attached hydrogens (tertiary/aromatic N) is 1. The second-order valence-electron chi connectivity index (χ2n) is 4.15. The fourth-order valence-corrected chi connectivity index (χ4v) is 3.11. The first-order valence-corrected chi connectivity index (χ1v) is 6.14. The Labute approximate surface area is 89.7 Å². The summed E-state index contributed by atoms with van der Waals surface area (Å²) >= 11 is 1.82. The molecule has 14 heavy (non-hydrogen) atoms. The van der Waals surface area contributed by atoms with Crippen molar-refractivity contribution in [2.75, 3.05) is 19.6 Å². The van der Waals surface area contributed by atoms with Crippen LogP contribution in [0.25, 0.3) is 0 Å². The maximum absolute atomic E-state index is 5.94. The van der Waals surface area contributed by atoms with Crippen molar-refractivity contribution in [3.63, 3.8) is 0 Å². The highest BCUT2D eigenvalue weighted by molar-refractivity contribution is 7.10. The third kappa shape index (κ3) is 1.60. The van der Waals surface area contributed by atoms with Gasteiger partial charge in [0, 0.05) is 11.4 Å². The molecule has 0 saturated carbocycles. The zero-order chi connectivity index (χ0) is 10.0. The van der Waals surface area contributed by atoms with Gasteiger partial charge in [-0.3, -0.25) is 4.90 Å².